The Hall–Kier alpha value is -2.30. The van der Waals surface area contributed by atoms with E-state index in [-0.39, 0.29) is 11.9 Å². The minimum absolute atomic E-state index is 0.0516. The predicted molar refractivity (Wildman–Crippen MR) is 70.0 cm³/mol. The fourth-order valence-corrected chi connectivity index (χ4v) is 1.78. The summed E-state index contributed by atoms with van der Waals surface area (Å²) in [5.41, 5.74) is 7.93. The molecule has 0 aliphatic rings. The van der Waals surface area contributed by atoms with E-state index in [9.17, 15) is 4.79 Å². The Balaban J connectivity index is 2.18. The van der Waals surface area contributed by atoms with Crippen LogP contribution in [0.1, 0.15) is 29.0 Å². The second kappa shape index (κ2) is 4.91. The molecule has 1 atom stereocenters. The van der Waals surface area contributed by atoms with Crippen molar-refractivity contribution in [2.75, 3.05) is 12.8 Å². The van der Waals surface area contributed by atoms with Gasteiger partial charge in [-0.2, -0.15) is 5.10 Å². The number of hydrogen-bond donors (Lipinski definition) is 2. The molecule has 0 radical (unpaired) electrons. The van der Waals surface area contributed by atoms with Gasteiger partial charge < -0.3 is 10.6 Å². The van der Waals surface area contributed by atoms with E-state index in [1.54, 1.807) is 24.2 Å². The van der Waals surface area contributed by atoms with Crippen molar-refractivity contribution < 1.29 is 4.79 Å². The Kier molecular flexibility index (Phi) is 3.32. The normalized spacial score (nSPS) is 12.1. The average molecular weight is 244 g/mol. The molecule has 94 valence electrons. The quantitative estimate of drug-likeness (QED) is 0.809. The molecule has 1 amide bonds. The van der Waals surface area contributed by atoms with Crippen LogP contribution >= 0.6 is 0 Å². The van der Waals surface area contributed by atoms with E-state index >= 15 is 0 Å². The number of H-pyrrole nitrogens is 1. The van der Waals surface area contributed by atoms with Gasteiger partial charge in [0.15, 0.2) is 0 Å². The van der Waals surface area contributed by atoms with Crippen molar-refractivity contribution in [2.24, 2.45) is 0 Å². The average Bonchev–Trinajstić information content (AvgIpc) is 2.90. The van der Waals surface area contributed by atoms with Crippen LogP contribution in [-0.4, -0.2) is 28.1 Å². The Morgan fingerprint density at radius 2 is 2.22 bits per heavy atom. The van der Waals surface area contributed by atoms with E-state index in [0.29, 0.717) is 11.4 Å². The largest absolute Gasteiger partial charge is 0.399 e. The van der Waals surface area contributed by atoms with E-state index in [2.05, 4.69) is 10.2 Å². The van der Waals surface area contributed by atoms with Crippen molar-refractivity contribution in [2.45, 2.75) is 13.0 Å². The summed E-state index contributed by atoms with van der Waals surface area (Å²) in [6.45, 7) is 1.96. The van der Waals surface area contributed by atoms with Gasteiger partial charge in [-0.05, 0) is 30.7 Å². The van der Waals surface area contributed by atoms with Crippen LogP contribution in [0.3, 0.4) is 0 Å². The Morgan fingerprint density at radius 1 is 1.44 bits per heavy atom. The van der Waals surface area contributed by atoms with Crippen LogP contribution in [0.25, 0.3) is 0 Å². The number of nitrogen functional groups attached to an aromatic ring is 1. The van der Waals surface area contributed by atoms with Gasteiger partial charge in [-0.15, -0.1) is 0 Å². The zero-order chi connectivity index (χ0) is 13.1. The predicted octanol–water partition coefficient (Wildman–Crippen LogP) is 1.83. The van der Waals surface area contributed by atoms with Crippen LogP contribution < -0.4 is 5.73 Å². The number of nitrogens with one attached hydrogen (secondary N) is 1. The van der Waals surface area contributed by atoms with Crippen molar-refractivity contribution in [3.05, 3.63) is 47.8 Å². The lowest BCUT2D eigenvalue weighted by Gasteiger charge is -2.25. The molecule has 5 nitrogen and oxygen atoms in total. The summed E-state index contributed by atoms with van der Waals surface area (Å²) in [6.07, 6.45) is 1.56. The fourth-order valence-electron chi connectivity index (χ4n) is 1.78. The number of rotatable bonds is 3. The van der Waals surface area contributed by atoms with Crippen LogP contribution in [0.15, 0.2) is 36.5 Å². The van der Waals surface area contributed by atoms with Gasteiger partial charge >= 0.3 is 0 Å². The lowest BCUT2D eigenvalue weighted by atomic mass is 10.1. The molecule has 2 aromatic rings. The number of carbonyl (C=O) groups excluding carboxylic acids is 1. The molecule has 3 N–H and O–H groups in total. The third-order valence-electron chi connectivity index (χ3n) is 3.03. The minimum Gasteiger partial charge on any atom is -0.399 e. The molecule has 1 aromatic heterocycles. The van der Waals surface area contributed by atoms with Crippen LogP contribution in [0.4, 0.5) is 5.69 Å². The first-order chi connectivity index (χ1) is 8.59. The molecule has 0 aliphatic heterocycles. The molecule has 0 bridgehead atoms. The molecule has 0 saturated carbocycles. The number of benzene rings is 1. The van der Waals surface area contributed by atoms with Gasteiger partial charge in [-0.3, -0.25) is 9.89 Å². The first-order valence-corrected chi connectivity index (χ1v) is 5.71. The number of aromatic amines is 1. The number of aromatic nitrogens is 2. The molecule has 5 heteroatoms. The standard InChI is InChI=1S/C13H16N4O/c1-9(10-4-3-5-11(14)8-10)17(2)13(18)12-6-7-15-16-12/h3-9H,14H2,1-2H3,(H,15,16). The zero-order valence-electron chi connectivity index (χ0n) is 10.4. The maximum Gasteiger partial charge on any atom is 0.272 e. The first kappa shape index (κ1) is 12.2. The maximum absolute atomic E-state index is 12.1. The third-order valence-corrected chi connectivity index (χ3v) is 3.03. The van der Waals surface area contributed by atoms with Gasteiger partial charge in [0.05, 0.1) is 6.04 Å². The summed E-state index contributed by atoms with van der Waals surface area (Å²) in [7, 11) is 1.76. The van der Waals surface area contributed by atoms with E-state index in [1.165, 1.54) is 0 Å². The highest BCUT2D eigenvalue weighted by molar-refractivity contribution is 5.92. The molecule has 1 heterocycles. The van der Waals surface area contributed by atoms with Gasteiger partial charge in [0.25, 0.3) is 5.91 Å². The lowest BCUT2D eigenvalue weighted by molar-refractivity contribution is 0.0736. The van der Waals surface area contributed by atoms with Gasteiger partial charge in [0, 0.05) is 18.9 Å². The zero-order valence-corrected chi connectivity index (χ0v) is 10.4. The Bertz CT molecular complexity index is 536. The molecular weight excluding hydrogens is 228 g/mol. The molecule has 1 aromatic carbocycles. The van der Waals surface area contributed by atoms with Crippen LogP contribution in [0, 0.1) is 0 Å². The molecule has 2 rings (SSSR count). The van der Waals surface area contributed by atoms with Crippen LogP contribution in [-0.2, 0) is 0 Å². The molecule has 1 unspecified atom stereocenters. The second-order valence-corrected chi connectivity index (χ2v) is 4.23. The lowest BCUT2D eigenvalue weighted by Crippen LogP contribution is -2.30. The van der Waals surface area contributed by atoms with Crippen molar-refractivity contribution in [3.63, 3.8) is 0 Å². The number of nitrogens with zero attached hydrogens (tertiary/aromatic N) is 2. The Labute approximate surface area is 106 Å². The fraction of sp³-hybridized carbons (Fsp3) is 0.231. The van der Waals surface area contributed by atoms with E-state index in [4.69, 9.17) is 5.73 Å². The van der Waals surface area contributed by atoms with Crippen LogP contribution in [0.2, 0.25) is 0 Å². The van der Waals surface area contributed by atoms with Gasteiger partial charge in [-0.1, -0.05) is 12.1 Å². The smallest absolute Gasteiger partial charge is 0.272 e. The molecule has 0 saturated heterocycles. The van der Waals surface area contributed by atoms with Crippen molar-refractivity contribution >= 4 is 11.6 Å². The number of amides is 1. The highest BCUT2D eigenvalue weighted by Crippen LogP contribution is 2.21. The molecular formula is C13H16N4O. The van der Waals surface area contributed by atoms with E-state index in [1.807, 2.05) is 31.2 Å². The number of nitrogens with two attached hydrogens (primary N) is 1. The summed E-state index contributed by atoms with van der Waals surface area (Å²) in [4.78, 5) is 13.8. The number of carbonyl (C=O) groups is 1. The maximum atomic E-state index is 12.1. The molecule has 18 heavy (non-hydrogen) atoms. The third kappa shape index (κ3) is 2.34. The minimum atomic E-state index is -0.0950. The van der Waals surface area contributed by atoms with Crippen molar-refractivity contribution in [1.29, 1.82) is 0 Å². The topological polar surface area (TPSA) is 75.0 Å². The summed E-state index contributed by atoms with van der Waals surface area (Å²) in [5.74, 6) is -0.0950. The second-order valence-electron chi connectivity index (χ2n) is 4.23. The molecule has 0 fully saturated rings. The number of anilines is 1. The monoisotopic (exact) mass is 244 g/mol. The molecule has 0 aliphatic carbocycles. The SMILES string of the molecule is CC(c1cccc(N)c1)N(C)C(=O)c1ccn[nH]1. The highest BCUT2D eigenvalue weighted by Gasteiger charge is 2.19. The van der Waals surface area contributed by atoms with Crippen molar-refractivity contribution in [3.8, 4) is 0 Å². The summed E-state index contributed by atoms with van der Waals surface area (Å²) < 4.78 is 0. The highest BCUT2D eigenvalue weighted by atomic mass is 16.2. The summed E-state index contributed by atoms with van der Waals surface area (Å²) in [6, 6.07) is 9.15. The summed E-state index contributed by atoms with van der Waals surface area (Å²) >= 11 is 0. The Morgan fingerprint density at radius 3 is 2.83 bits per heavy atom. The van der Waals surface area contributed by atoms with Crippen molar-refractivity contribution in [1.82, 2.24) is 15.1 Å². The van der Waals surface area contributed by atoms with Gasteiger partial charge in [0.2, 0.25) is 0 Å². The summed E-state index contributed by atoms with van der Waals surface area (Å²) in [5, 5.41) is 6.45. The first-order valence-electron chi connectivity index (χ1n) is 5.71. The number of hydrogen-bond acceptors (Lipinski definition) is 3. The van der Waals surface area contributed by atoms with Crippen LogP contribution in [0.5, 0.6) is 0 Å². The van der Waals surface area contributed by atoms with E-state index in [0.717, 1.165) is 5.56 Å². The van der Waals surface area contributed by atoms with Gasteiger partial charge in [-0.25, -0.2) is 0 Å². The van der Waals surface area contributed by atoms with E-state index < -0.39 is 0 Å². The molecule has 0 spiro atoms. The van der Waals surface area contributed by atoms with Gasteiger partial charge in [0.1, 0.15) is 5.69 Å².